The van der Waals surface area contributed by atoms with Crippen molar-refractivity contribution >= 4 is 23.1 Å². The largest absolute Gasteiger partial charge is 0.364 e. The highest BCUT2D eigenvalue weighted by Crippen LogP contribution is 2.22. The summed E-state index contributed by atoms with van der Waals surface area (Å²) in [6.45, 7) is 4.20. The number of nitrogens with zero attached hydrogens (tertiary/aromatic N) is 4. The van der Waals surface area contributed by atoms with E-state index in [0.717, 1.165) is 35.9 Å². The molecule has 0 spiro atoms. The number of aromatic nitrogens is 4. The molecular formula is C16H17ClN6. The number of rotatable bonds is 3. The van der Waals surface area contributed by atoms with Gasteiger partial charge in [0.05, 0.1) is 24.3 Å². The molecule has 6 nitrogen and oxygen atoms in total. The van der Waals surface area contributed by atoms with Gasteiger partial charge in [-0.3, -0.25) is 9.38 Å². The van der Waals surface area contributed by atoms with Gasteiger partial charge < -0.3 is 10.6 Å². The number of hydrogen-bond acceptors (Lipinski definition) is 5. The van der Waals surface area contributed by atoms with Gasteiger partial charge in [0.15, 0.2) is 0 Å². The quantitative estimate of drug-likeness (QED) is 0.773. The molecule has 1 saturated heterocycles. The third-order valence-electron chi connectivity index (χ3n) is 4.22. The van der Waals surface area contributed by atoms with E-state index in [2.05, 4.69) is 27.5 Å². The molecule has 0 radical (unpaired) electrons. The average Bonchev–Trinajstić information content (AvgIpc) is 3.14. The van der Waals surface area contributed by atoms with E-state index in [0.29, 0.717) is 17.0 Å². The maximum Gasteiger partial charge on any atom is 0.145 e. The first-order valence-electron chi connectivity index (χ1n) is 7.63. The summed E-state index contributed by atoms with van der Waals surface area (Å²) < 4.78 is 1.96. The number of halogens is 1. The number of anilines is 1. The second-order valence-corrected chi connectivity index (χ2v) is 6.33. The van der Waals surface area contributed by atoms with Gasteiger partial charge in [-0.2, -0.15) is 0 Å². The molecule has 4 heterocycles. The van der Waals surface area contributed by atoms with Crippen LogP contribution in [-0.2, 0) is 0 Å². The zero-order valence-corrected chi connectivity index (χ0v) is 13.5. The van der Waals surface area contributed by atoms with Gasteiger partial charge in [-0.1, -0.05) is 18.5 Å². The molecule has 0 aliphatic carbocycles. The van der Waals surface area contributed by atoms with E-state index < -0.39 is 0 Å². The van der Waals surface area contributed by atoms with Gasteiger partial charge in [-0.25, -0.2) is 9.97 Å². The van der Waals surface area contributed by atoms with Crippen molar-refractivity contribution in [3.05, 3.63) is 41.9 Å². The van der Waals surface area contributed by atoms with Crippen LogP contribution in [0.5, 0.6) is 0 Å². The minimum Gasteiger partial charge on any atom is -0.364 e. The van der Waals surface area contributed by atoms with E-state index in [-0.39, 0.29) is 0 Å². The van der Waals surface area contributed by atoms with Crippen molar-refractivity contribution in [3.8, 4) is 11.4 Å². The number of hydrogen-bond donors (Lipinski definition) is 2. The van der Waals surface area contributed by atoms with Crippen LogP contribution in [0.25, 0.3) is 17.0 Å². The highest BCUT2D eigenvalue weighted by atomic mass is 35.5. The third kappa shape index (κ3) is 2.75. The van der Waals surface area contributed by atoms with Gasteiger partial charge >= 0.3 is 0 Å². The summed E-state index contributed by atoms with van der Waals surface area (Å²) in [5, 5.41) is 7.51. The first-order valence-corrected chi connectivity index (χ1v) is 8.01. The fourth-order valence-electron chi connectivity index (χ4n) is 2.90. The van der Waals surface area contributed by atoms with Crippen molar-refractivity contribution in [3.63, 3.8) is 0 Å². The molecule has 0 amide bonds. The van der Waals surface area contributed by atoms with Crippen molar-refractivity contribution in [1.82, 2.24) is 24.7 Å². The van der Waals surface area contributed by atoms with Crippen LogP contribution in [0.15, 0.2) is 36.9 Å². The highest BCUT2D eigenvalue weighted by Gasteiger charge is 2.23. The second-order valence-electron chi connectivity index (χ2n) is 5.89. The Morgan fingerprint density at radius 3 is 3.04 bits per heavy atom. The Labute approximate surface area is 138 Å². The number of pyridine rings is 1. The molecule has 7 heteroatoms. The summed E-state index contributed by atoms with van der Waals surface area (Å²) in [5.74, 6) is 1.35. The monoisotopic (exact) mass is 328 g/mol. The minimum absolute atomic E-state index is 0.376. The number of nitrogens with one attached hydrogen (secondary N) is 2. The molecule has 1 aliphatic rings. The normalized spacial score (nSPS) is 21.0. The fourth-order valence-corrected chi connectivity index (χ4v) is 3.05. The Balaban J connectivity index is 1.67. The van der Waals surface area contributed by atoms with Crippen LogP contribution in [0.4, 0.5) is 5.82 Å². The predicted molar refractivity (Wildman–Crippen MR) is 90.7 cm³/mol. The van der Waals surface area contributed by atoms with Gasteiger partial charge in [-0.15, -0.1) is 0 Å². The van der Waals surface area contributed by atoms with Crippen molar-refractivity contribution in [1.29, 1.82) is 0 Å². The Morgan fingerprint density at radius 2 is 2.22 bits per heavy atom. The molecule has 3 aromatic heterocycles. The number of imidazole rings is 1. The van der Waals surface area contributed by atoms with Crippen molar-refractivity contribution in [2.45, 2.75) is 13.0 Å². The van der Waals surface area contributed by atoms with E-state index in [4.69, 9.17) is 16.6 Å². The highest BCUT2D eigenvalue weighted by molar-refractivity contribution is 6.30. The molecular weight excluding hydrogens is 312 g/mol. The topological polar surface area (TPSA) is 67.1 Å². The van der Waals surface area contributed by atoms with Crippen LogP contribution in [0.3, 0.4) is 0 Å². The molecule has 3 aromatic rings. The third-order valence-corrected chi connectivity index (χ3v) is 4.46. The maximum atomic E-state index is 6.01. The van der Waals surface area contributed by atoms with Gasteiger partial charge in [0.25, 0.3) is 0 Å². The van der Waals surface area contributed by atoms with Crippen LogP contribution in [0.1, 0.15) is 6.92 Å². The summed E-state index contributed by atoms with van der Waals surface area (Å²) in [6, 6.07) is 4.04. The molecule has 0 saturated carbocycles. The Morgan fingerprint density at radius 1 is 1.30 bits per heavy atom. The Kier molecular flexibility index (Phi) is 3.63. The smallest absolute Gasteiger partial charge is 0.145 e. The molecule has 0 bridgehead atoms. The van der Waals surface area contributed by atoms with Gasteiger partial charge in [0.2, 0.25) is 0 Å². The summed E-state index contributed by atoms with van der Waals surface area (Å²) >= 11 is 6.01. The average molecular weight is 329 g/mol. The lowest BCUT2D eigenvalue weighted by molar-refractivity contribution is 0.593. The van der Waals surface area contributed by atoms with Crippen LogP contribution < -0.4 is 10.6 Å². The zero-order valence-electron chi connectivity index (χ0n) is 12.7. The van der Waals surface area contributed by atoms with E-state index in [9.17, 15) is 0 Å². The maximum absolute atomic E-state index is 6.01. The molecule has 0 aromatic carbocycles. The molecule has 4 rings (SSSR count). The summed E-state index contributed by atoms with van der Waals surface area (Å²) in [7, 11) is 0. The van der Waals surface area contributed by atoms with Crippen LogP contribution in [0.2, 0.25) is 5.02 Å². The van der Waals surface area contributed by atoms with E-state index in [1.54, 1.807) is 18.6 Å². The van der Waals surface area contributed by atoms with E-state index >= 15 is 0 Å². The van der Waals surface area contributed by atoms with E-state index in [1.807, 2.05) is 22.7 Å². The molecule has 1 fully saturated rings. The second kappa shape index (κ2) is 5.79. The lowest BCUT2D eigenvalue weighted by Gasteiger charge is -2.16. The van der Waals surface area contributed by atoms with Gasteiger partial charge in [-0.05, 0) is 18.5 Å². The van der Waals surface area contributed by atoms with Gasteiger partial charge in [0, 0.05) is 29.9 Å². The minimum atomic E-state index is 0.376. The first kappa shape index (κ1) is 14.4. The molecule has 118 valence electrons. The molecule has 2 N–H and O–H groups in total. The zero-order chi connectivity index (χ0) is 15.8. The molecule has 23 heavy (non-hydrogen) atoms. The standard InChI is InChI=1S/C16H17ClN6/c1-10-5-18-6-12(10)21-15-9-19-7-13(22-15)14-8-20-16-4-11(17)2-3-23(14)16/h2-4,7-10,12,18H,5-6H2,1H3,(H,21,22)/t10-,12?/m1/s1. The van der Waals surface area contributed by atoms with Crippen molar-refractivity contribution in [2.75, 3.05) is 18.4 Å². The SMILES string of the molecule is C[C@@H]1CNCC1Nc1cncc(-c2cnc3cc(Cl)ccn23)n1. The van der Waals surface area contributed by atoms with Crippen LogP contribution in [-0.4, -0.2) is 38.5 Å². The van der Waals surface area contributed by atoms with Crippen LogP contribution >= 0.6 is 11.6 Å². The summed E-state index contributed by atoms with van der Waals surface area (Å²) in [4.78, 5) is 13.4. The molecule has 2 atom stereocenters. The predicted octanol–water partition coefficient (Wildman–Crippen LogP) is 2.46. The fraction of sp³-hybridized carbons (Fsp3) is 0.312. The Bertz CT molecular complexity index is 845. The molecule has 1 unspecified atom stereocenters. The first-order chi connectivity index (χ1) is 11.2. The molecule has 1 aliphatic heterocycles. The lowest BCUT2D eigenvalue weighted by atomic mass is 10.1. The lowest BCUT2D eigenvalue weighted by Crippen LogP contribution is -2.27. The number of fused-ring (bicyclic) bond motifs is 1. The van der Waals surface area contributed by atoms with Gasteiger partial charge in [0.1, 0.15) is 17.2 Å². The summed E-state index contributed by atoms with van der Waals surface area (Å²) in [5.41, 5.74) is 2.47. The van der Waals surface area contributed by atoms with Crippen molar-refractivity contribution in [2.24, 2.45) is 5.92 Å². The van der Waals surface area contributed by atoms with Crippen LogP contribution in [0, 0.1) is 5.92 Å². The summed E-state index contributed by atoms with van der Waals surface area (Å²) in [6.07, 6.45) is 7.19. The Hall–Kier alpha value is -2.18. The van der Waals surface area contributed by atoms with E-state index in [1.165, 1.54) is 0 Å². The van der Waals surface area contributed by atoms with Crippen molar-refractivity contribution < 1.29 is 0 Å².